The van der Waals surface area contributed by atoms with Crippen molar-refractivity contribution in [1.29, 1.82) is 0 Å². The molecule has 0 unspecified atom stereocenters. The second-order valence-corrected chi connectivity index (χ2v) is 9.64. The van der Waals surface area contributed by atoms with Gasteiger partial charge in [-0.2, -0.15) is 0 Å². The Labute approximate surface area is 222 Å². The molecule has 9 heteroatoms. The number of amides is 1. The van der Waals surface area contributed by atoms with Gasteiger partial charge >= 0.3 is 11.9 Å². The molecule has 0 radical (unpaired) electrons. The van der Waals surface area contributed by atoms with Crippen LogP contribution in [-0.2, 0) is 32.0 Å². The number of nitrogens with zero attached hydrogens (tertiary/aromatic N) is 1. The van der Waals surface area contributed by atoms with Crippen molar-refractivity contribution < 1.29 is 38.1 Å². The average Bonchev–Trinajstić information content (AvgIpc) is 3.59. The first-order valence-corrected chi connectivity index (χ1v) is 12.9. The Morgan fingerprint density at radius 3 is 2.11 bits per heavy atom. The molecule has 2 aromatic carbocycles. The number of esters is 2. The predicted molar refractivity (Wildman–Crippen MR) is 139 cm³/mol. The monoisotopic (exact) mass is 525 g/mol. The third kappa shape index (κ3) is 6.57. The molecule has 0 aliphatic carbocycles. The van der Waals surface area contributed by atoms with Gasteiger partial charge in [-0.25, -0.2) is 0 Å². The van der Waals surface area contributed by atoms with Crippen molar-refractivity contribution in [2.24, 2.45) is 11.8 Å². The Morgan fingerprint density at radius 2 is 1.45 bits per heavy atom. The van der Waals surface area contributed by atoms with Gasteiger partial charge in [0.2, 0.25) is 5.91 Å². The molecule has 0 N–H and O–H groups in total. The van der Waals surface area contributed by atoms with E-state index in [0.29, 0.717) is 36.7 Å². The maximum absolute atomic E-state index is 12.6. The number of ether oxygens (including phenoxy) is 5. The van der Waals surface area contributed by atoms with Gasteiger partial charge in [-0.3, -0.25) is 14.4 Å². The van der Waals surface area contributed by atoms with Gasteiger partial charge in [0.25, 0.3) is 0 Å². The number of carbonyl (C=O) groups is 3. The van der Waals surface area contributed by atoms with E-state index >= 15 is 0 Å². The minimum absolute atomic E-state index is 0.00255. The van der Waals surface area contributed by atoms with Crippen LogP contribution in [0.1, 0.15) is 36.8 Å². The van der Waals surface area contributed by atoms with Gasteiger partial charge in [0.05, 0.1) is 40.3 Å². The van der Waals surface area contributed by atoms with E-state index in [2.05, 4.69) is 0 Å². The Morgan fingerprint density at radius 1 is 0.842 bits per heavy atom. The van der Waals surface area contributed by atoms with Crippen molar-refractivity contribution in [2.75, 3.05) is 41.0 Å². The molecule has 9 nitrogen and oxygen atoms in total. The van der Waals surface area contributed by atoms with E-state index in [9.17, 15) is 14.4 Å². The summed E-state index contributed by atoms with van der Waals surface area (Å²) in [7, 11) is 4.68. The Kier molecular flexibility index (Phi) is 9.10. The summed E-state index contributed by atoms with van der Waals surface area (Å²) in [5, 5.41) is 0. The average molecular weight is 526 g/mol. The third-order valence-electron chi connectivity index (χ3n) is 7.17. The van der Waals surface area contributed by atoms with Gasteiger partial charge in [-0.1, -0.05) is 12.1 Å². The van der Waals surface area contributed by atoms with Crippen LogP contribution in [0.3, 0.4) is 0 Å². The molecular weight excluding hydrogens is 490 g/mol. The maximum atomic E-state index is 12.6. The molecule has 2 fully saturated rings. The van der Waals surface area contributed by atoms with Gasteiger partial charge in [-0.15, -0.1) is 0 Å². The smallest absolute Gasteiger partial charge is 0.311 e. The van der Waals surface area contributed by atoms with Crippen molar-refractivity contribution in [3.05, 3.63) is 47.5 Å². The van der Waals surface area contributed by atoms with E-state index in [4.69, 9.17) is 23.7 Å². The second kappa shape index (κ2) is 12.7. The number of cyclic esters (lactones) is 1. The molecule has 0 saturated carbocycles. The fourth-order valence-electron chi connectivity index (χ4n) is 5.05. The Bertz CT molecular complexity index is 1160. The van der Waals surface area contributed by atoms with Crippen LogP contribution in [0.5, 0.6) is 23.0 Å². The van der Waals surface area contributed by atoms with E-state index in [-0.39, 0.29) is 42.3 Å². The lowest BCUT2D eigenvalue weighted by Gasteiger charge is -2.17. The lowest BCUT2D eigenvalue weighted by molar-refractivity contribution is -0.141. The highest BCUT2D eigenvalue weighted by Gasteiger charge is 2.37. The molecule has 1 amide bonds. The van der Waals surface area contributed by atoms with Crippen LogP contribution in [0.2, 0.25) is 0 Å². The highest BCUT2D eigenvalue weighted by Crippen LogP contribution is 2.35. The quantitative estimate of drug-likeness (QED) is 0.324. The minimum atomic E-state index is -0.488. The number of hydrogen-bond acceptors (Lipinski definition) is 8. The lowest BCUT2D eigenvalue weighted by atomic mass is 9.85. The van der Waals surface area contributed by atoms with Gasteiger partial charge < -0.3 is 28.6 Å². The molecule has 2 saturated heterocycles. The largest absolute Gasteiger partial charge is 0.493 e. The fraction of sp³-hybridized carbons (Fsp3) is 0.483. The molecule has 4 rings (SSSR count). The van der Waals surface area contributed by atoms with Crippen LogP contribution < -0.4 is 18.9 Å². The number of benzene rings is 2. The standard InChI is InChI=1S/C29H35NO8/c1-34-23-8-6-19(16-25(23)35-2)14-21-18-37-29(33)22(21)15-20-7-9-24(26(17-20)36-3)38-28(32)11-10-27(31)30-12-4-5-13-30/h6-9,16-17,21-22H,4-5,10-15,18H2,1-3H3/t21-,22+/m0/s1. The number of carbonyl (C=O) groups excluding carboxylic acids is 3. The summed E-state index contributed by atoms with van der Waals surface area (Å²) in [4.78, 5) is 39.0. The summed E-state index contributed by atoms with van der Waals surface area (Å²) in [5.41, 5.74) is 1.89. The first kappa shape index (κ1) is 27.3. The number of rotatable bonds is 11. The number of methoxy groups -OCH3 is 3. The van der Waals surface area contributed by atoms with E-state index in [1.165, 1.54) is 7.11 Å². The zero-order chi connectivity index (χ0) is 27.1. The SMILES string of the molecule is COc1ccc(C[C@H]2COC(=O)[C@@H]2Cc2ccc(OC(=O)CCC(=O)N3CCCC3)c(OC)c2)cc1OC. The van der Waals surface area contributed by atoms with Gasteiger partial charge in [-0.05, 0) is 61.1 Å². The van der Waals surface area contributed by atoms with E-state index in [1.54, 1.807) is 31.3 Å². The Balaban J connectivity index is 1.38. The van der Waals surface area contributed by atoms with Gasteiger partial charge in [0.15, 0.2) is 23.0 Å². The van der Waals surface area contributed by atoms with Gasteiger partial charge in [0.1, 0.15) is 0 Å². The summed E-state index contributed by atoms with van der Waals surface area (Å²) in [5.74, 6) is 0.906. The van der Waals surface area contributed by atoms with Crippen LogP contribution in [-0.4, -0.2) is 63.8 Å². The summed E-state index contributed by atoms with van der Waals surface area (Å²) < 4.78 is 27.1. The first-order valence-electron chi connectivity index (χ1n) is 12.9. The minimum Gasteiger partial charge on any atom is -0.493 e. The maximum Gasteiger partial charge on any atom is 0.311 e. The number of hydrogen-bond donors (Lipinski definition) is 0. The summed E-state index contributed by atoms with van der Waals surface area (Å²) in [6.07, 6.45) is 3.27. The third-order valence-corrected chi connectivity index (χ3v) is 7.17. The Hall–Kier alpha value is -3.75. The molecule has 204 valence electrons. The second-order valence-electron chi connectivity index (χ2n) is 9.64. The molecule has 38 heavy (non-hydrogen) atoms. The molecule has 2 atom stereocenters. The van der Waals surface area contributed by atoms with Crippen molar-refractivity contribution in [1.82, 2.24) is 4.90 Å². The molecule has 0 spiro atoms. The number of likely N-dealkylation sites (tertiary alicyclic amines) is 1. The molecule has 2 heterocycles. The summed E-state index contributed by atoms with van der Waals surface area (Å²) in [6.45, 7) is 1.86. The van der Waals surface area contributed by atoms with Gasteiger partial charge in [0, 0.05) is 25.4 Å². The predicted octanol–water partition coefficient (Wildman–Crippen LogP) is 3.59. The van der Waals surface area contributed by atoms with Crippen LogP contribution in [0.15, 0.2) is 36.4 Å². The lowest BCUT2D eigenvalue weighted by Crippen LogP contribution is -2.28. The van der Waals surface area contributed by atoms with Crippen molar-refractivity contribution in [2.45, 2.75) is 38.5 Å². The zero-order valence-corrected chi connectivity index (χ0v) is 22.2. The highest BCUT2D eigenvalue weighted by molar-refractivity contribution is 5.82. The van der Waals surface area contributed by atoms with E-state index in [1.807, 2.05) is 24.3 Å². The van der Waals surface area contributed by atoms with Crippen molar-refractivity contribution in [3.8, 4) is 23.0 Å². The summed E-state index contributed by atoms with van der Waals surface area (Å²) >= 11 is 0. The van der Waals surface area contributed by atoms with Crippen LogP contribution in [0.25, 0.3) is 0 Å². The van der Waals surface area contributed by atoms with E-state index in [0.717, 1.165) is 37.1 Å². The molecule has 0 aromatic heterocycles. The van der Waals surface area contributed by atoms with Crippen LogP contribution >= 0.6 is 0 Å². The topological polar surface area (TPSA) is 101 Å². The fourth-order valence-corrected chi connectivity index (χ4v) is 5.05. The molecule has 0 bridgehead atoms. The molecule has 2 aliphatic rings. The van der Waals surface area contributed by atoms with E-state index < -0.39 is 5.97 Å². The highest BCUT2D eigenvalue weighted by atomic mass is 16.6. The normalized spacial score (nSPS) is 18.7. The molecule has 2 aromatic rings. The molecule has 2 aliphatic heterocycles. The van der Waals surface area contributed by atoms with Crippen molar-refractivity contribution in [3.63, 3.8) is 0 Å². The van der Waals surface area contributed by atoms with Crippen LogP contribution in [0.4, 0.5) is 0 Å². The summed E-state index contributed by atoms with van der Waals surface area (Å²) in [6, 6.07) is 11.0. The molecular formula is C29H35NO8. The zero-order valence-electron chi connectivity index (χ0n) is 22.2. The van der Waals surface area contributed by atoms with Crippen LogP contribution in [0, 0.1) is 11.8 Å². The van der Waals surface area contributed by atoms with Crippen molar-refractivity contribution >= 4 is 17.8 Å². The first-order chi connectivity index (χ1) is 18.4.